The maximum atomic E-state index is 12.6. The van der Waals surface area contributed by atoms with Crippen LogP contribution in [0.4, 0.5) is 0 Å². The van der Waals surface area contributed by atoms with Crippen molar-refractivity contribution in [2.75, 3.05) is 13.1 Å². The lowest BCUT2D eigenvalue weighted by atomic mass is 9.81. The normalized spacial score (nSPS) is 23.3. The molecular formula is C24H24ClN2OS+. The molecule has 3 atom stereocenters. The van der Waals surface area contributed by atoms with E-state index < -0.39 is 0 Å². The number of fused-ring (bicyclic) bond motifs is 4. The highest BCUT2D eigenvalue weighted by Crippen LogP contribution is 2.33. The van der Waals surface area contributed by atoms with E-state index in [0.29, 0.717) is 11.8 Å². The molecule has 1 saturated heterocycles. The molecule has 3 nitrogen and oxygen atoms in total. The number of rotatable bonds is 4. The number of benzene rings is 1. The molecule has 3 aromatic rings. The summed E-state index contributed by atoms with van der Waals surface area (Å²) in [6.07, 6.45) is 5.46. The Hall–Kier alpha value is -2.14. The Bertz CT molecular complexity index is 1090. The van der Waals surface area contributed by atoms with Crippen molar-refractivity contribution in [1.29, 1.82) is 0 Å². The minimum absolute atomic E-state index is 0.139. The third kappa shape index (κ3) is 3.97. The third-order valence-corrected chi connectivity index (χ3v) is 7.27. The summed E-state index contributed by atoms with van der Waals surface area (Å²) in [5.41, 5.74) is 3.64. The van der Waals surface area contributed by atoms with Gasteiger partial charge in [-0.1, -0.05) is 42.0 Å². The molecule has 0 spiro atoms. The van der Waals surface area contributed by atoms with Crippen LogP contribution < -0.4 is 10.5 Å². The maximum absolute atomic E-state index is 12.6. The minimum Gasteiger partial charge on any atom is -0.330 e. The van der Waals surface area contributed by atoms with Crippen LogP contribution in [0.25, 0.3) is 12.2 Å². The number of hydrogen-bond acceptors (Lipinski definition) is 2. The zero-order valence-corrected chi connectivity index (χ0v) is 17.8. The number of piperidine rings is 1. The molecule has 5 rings (SSSR count). The Kier molecular flexibility index (Phi) is 5.17. The van der Waals surface area contributed by atoms with Crippen molar-refractivity contribution >= 4 is 35.1 Å². The fraction of sp³-hybridized carbons (Fsp3) is 0.292. The Balaban J connectivity index is 1.45. The van der Waals surface area contributed by atoms with Crippen molar-refractivity contribution < 1.29 is 4.90 Å². The molecule has 0 saturated carbocycles. The summed E-state index contributed by atoms with van der Waals surface area (Å²) in [5, 5.41) is 2.90. The summed E-state index contributed by atoms with van der Waals surface area (Å²) in [6.45, 7) is 4.20. The standard InChI is InChI=1S/C24H23ClN2OS/c25-21-8-4-17(5-9-21)3-6-19-7-10-23(28)27-14-18-12-20(24(19)27)15-26(13-18)16-22-2-1-11-29-22/h1-11,18,20H,12-16H2/p+1/b6-3+/t18-,20+/m0/s1. The van der Waals surface area contributed by atoms with Gasteiger partial charge in [0, 0.05) is 35.2 Å². The number of thiophene rings is 1. The van der Waals surface area contributed by atoms with Crippen LogP contribution in [0.5, 0.6) is 0 Å². The minimum atomic E-state index is 0.139. The van der Waals surface area contributed by atoms with Crippen LogP contribution in [0.1, 0.15) is 34.0 Å². The van der Waals surface area contributed by atoms with Crippen LogP contribution in [0.15, 0.2) is 58.7 Å². The van der Waals surface area contributed by atoms with Crippen LogP contribution >= 0.6 is 22.9 Å². The van der Waals surface area contributed by atoms with E-state index in [2.05, 4.69) is 29.7 Å². The molecule has 148 valence electrons. The molecule has 2 aromatic heterocycles. The monoisotopic (exact) mass is 423 g/mol. The summed E-state index contributed by atoms with van der Waals surface area (Å²) < 4.78 is 2.04. The number of halogens is 1. The predicted molar refractivity (Wildman–Crippen MR) is 121 cm³/mol. The highest BCUT2D eigenvalue weighted by atomic mass is 35.5. The third-order valence-electron chi connectivity index (χ3n) is 6.15. The van der Waals surface area contributed by atoms with Gasteiger partial charge >= 0.3 is 0 Å². The van der Waals surface area contributed by atoms with Gasteiger partial charge in [0.1, 0.15) is 6.54 Å². The first-order valence-corrected chi connectivity index (χ1v) is 11.4. The van der Waals surface area contributed by atoms with Crippen molar-refractivity contribution in [1.82, 2.24) is 4.57 Å². The molecule has 2 aliphatic rings. The van der Waals surface area contributed by atoms with E-state index in [4.69, 9.17) is 11.6 Å². The molecule has 1 aromatic carbocycles. The predicted octanol–water partition coefficient (Wildman–Crippen LogP) is 3.94. The van der Waals surface area contributed by atoms with E-state index in [1.165, 1.54) is 22.6 Å². The molecular weight excluding hydrogens is 400 g/mol. The molecule has 1 unspecified atom stereocenters. The summed E-state index contributed by atoms with van der Waals surface area (Å²) in [6, 6.07) is 15.9. The number of nitrogens with zero attached hydrogens (tertiary/aromatic N) is 1. The molecule has 0 aliphatic carbocycles. The first kappa shape index (κ1) is 18.9. The first-order valence-electron chi connectivity index (χ1n) is 10.2. The van der Waals surface area contributed by atoms with Crippen LogP contribution in [0.3, 0.4) is 0 Å². The molecule has 5 heteroatoms. The van der Waals surface area contributed by atoms with Gasteiger partial charge in [-0.25, -0.2) is 0 Å². The van der Waals surface area contributed by atoms with Gasteiger partial charge in [0.05, 0.1) is 18.0 Å². The molecule has 4 heterocycles. The van der Waals surface area contributed by atoms with E-state index >= 15 is 0 Å². The smallest absolute Gasteiger partial charge is 0.250 e. The van der Waals surface area contributed by atoms with Crippen LogP contribution in [-0.4, -0.2) is 17.7 Å². The van der Waals surface area contributed by atoms with E-state index in [9.17, 15) is 4.79 Å². The Morgan fingerprint density at radius 2 is 1.97 bits per heavy atom. The molecule has 0 radical (unpaired) electrons. The summed E-state index contributed by atoms with van der Waals surface area (Å²) in [7, 11) is 0. The number of quaternary nitrogens is 1. The molecule has 29 heavy (non-hydrogen) atoms. The average molecular weight is 424 g/mol. The molecule has 1 fully saturated rings. The SMILES string of the molecule is O=c1ccc(/C=C/c2ccc(Cl)cc2)c2n1C[C@H]1C[C@@H]2C[NH+](Cc2cccs2)C1. The van der Waals surface area contributed by atoms with Gasteiger partial charge in [-0.05, 0) is 47.2 Å². The van der Waals surface area contributed by atoms with Gasteiger partial charge in [-0.15, -0.1) is 11.3 Å². The number of likely N-dealkylation sites (tertiary alicyclic amines) is 1. The van der Waals surface area contributed by atoms with E-state index in [1.54, 1.807) is 11.0 Å². The number of hydrogen-bond donors (Lipinski definition) is 1. The Labute approximate surface area is 179 Å². The Morgan fingerprint density at radius 1 is 1.10 bits per heavy atom. The van der Waals surface area contributed by atoms with Crippen LogP contribution in [0.2, 0.25) is 5.02 Å². The number of nitrogens with one attached hydrogen (secondary N) is 1. The highest BCUT2D eigenvalue weighted by molar-refractivity contribution is 7.09. The second-order valence-corrected chi connectivity index (χ2v) is 9.69. The van der Waals surface area contributed by atoms with Gasteiger partial charge in [0.15, 0.2) is 0 Å². The number of aromatic nitrogens is 1. The van der Waals surface area contributed by atoms with E-state index in [0.717, 1.165) is 36.8 Å². The molecule has 2 aliphatic heterocycles. The lowest BCUT2D eigenvalue weighted by molar-refractivity contribution is -0.924. The molecule has 0 amide bonds. The second kappa shape index (κ2) is 7.94. The fourth-order valence-corrected chi connectivity index (χ4v) is 5.88. The number of pyridine rings is 1. The highest BCUT2D eigenvalue weighted by Gasteiger charge is 2.38. The Morgan fingerprint density at radius 3 is 2.76 bits per heavy atom. The van der Waals surface area contributed by atoms with Gasteiger partial charge in [0.25, 0.3) is 5.56 Å². The van der Waals surface area contributed by atoms with Gasteiger partial charge in [0.2, 0.25) is 0 Å². The van der Waals surface area contributed by atoms with Crippen LogP contribution in [0, 0.1) is 5.92 Å². The quantitative estimate of drug-likeness (QED) is 0.676. The van der Waals surface area contributed by atoms with E-state index in [1.807, 2.05) is 46.2 Å². The van der Waals surface area contributed by atoms with E-state index in [-0.39, 0.29) is 5.56 Å². The summed E-state index contributed by atoms with van der Waals surface area (Å²) >= 11 is 7.85. The van der Waals surface area contributed by atoms with Gasteiger partial charge < -0.3 is 9.47 Å². The average Bonchev–Trinajstić information content (AvgIpc) is 3.22. The van der Waals surface area contributed by atoms with Crippen molar-refractivity contribution in [2.45, 2.75) is 25.4 Å². The first-order chi connectivity index (χ1) is 14.2. The molecule has 2 bridgehead atoms. The van der Waals surface area contributed by atoms with Gasteiger partial charge in [-0.2, -0.15) is 0 Å². The zero-order valence-electron chi connectivity index (χ0n) is 16.2. The largest absolute Gasteiger partial charge is 0.330 e. The topological polar surface area (TPSA) is 26.4 Å². The van der Waals surface area contributed by atoms with Crippen molar-refractivity contribution in [3.8, 4) is 0 Å². The fourth-order valence-electron chi connectivity index (χ4n) is 4.97. The summed E-state index contributed by atoms with van der Waals surface area (Å²) in [5.74, 6) is 1.03. The maximum Gasteiger partial charge on any atom is 0.250 e. The van der Waals surface area contributed by atoms with Crippen molar-refractivity contribution in [2.24, 2.45) is 5.92 Å². The van der Waals surface area contributed by atoms with Crippen molar-refractivity contribution in [3.05, 3.63) is 91.0 Å². The summed E-state index contributed by atoms with van der Waals surface area (Å²) in [4.78, 5) is 15.7. The lowest BCUT2D eigenvalue weighted by Crippen LogP contribution is -3.13. The molecule has 1 N–H and O–H groups in total. The lowest BCUT2D eigenvalue weighted by Gasteiger charge is -2.41. The van der Waals surface area contributed by atoms with Crippen molar-refractivity contribution in [3.63, 3.8) is 0 Å². The second-order valence-electron chi connectivity index (χ2n) is 8.22. The van der Waals surface area contributed by atoms with Gasteiger partial charge in [-0.3, -0.25) is 4.79 Å². The van der Waals surface area contributed by atoms with Crippen LogP contribution in [-0.2, 0) is 13.1 Å². The zero-order chi connectivity index (χ0) is 19.8.